The van der Waals surface area contributed by atoms with Crippen molar-refractivity contribution in [2.75, 3.05) is 13.2 Å². The third-order valence-corrected chi connectivity index (χ3v) is 4.47. The van der Waals surface area contributed by atoms with E-state index < -0.39 is 0 Å². The lowest BCUT2D eigenvalue weighted by Crippen LogP contribution is -2.26. The summed E-state index contributed by atoms with van der Waals surface area (Å²) in [5.41, 5.74) is 1.41. The Morgan fingerprint density at radius 2 is 2.08 bits per heavy atom. The number of rotatable bonds is 7. The molecule has 1 N–H and O–H groups in total. The maximum Gasteiger partial charge on any atom is 0.131 e. The Balaban J connectivity index is 1.59. The van der Waals surface area contributed by atoms with E-state index >= 15 is 0 Å². The summed E-state index contributed by atoms with van der Waals surface area (Å²) in [6, 6.07) is 12.4. The van der Waals surface area contributed by atoms with Crippen LogP contribution in [-0.2, 0) is 17.9 Å². The highest BCUT2D eigenvalue weighted by Gasteiger charge is 2.15. The summed E-state index contributed by atoms with van der Waals surface area (Å²) in [4.78, 5) is 0. The number of hydrogen-bond donors (Lipinski definition) is 1. The molecule has 0 aliphatic carbocycles. The summed E-state index contributed by atoms with van der Waals surface area (Å²) in [6.45, 7) is 2.47. The minimum Gasteiger partial charge on any atom is -0.488 e. The molecular weight excluding hydrogens is 329 g/mol. The molecule has 1 fully saturated rings. The van der Waals surface area contributed by atoms with Crippen molar-refractivity contribution in [3.8, 4) is 5.75 Å². The van der Waals surface area contributed by atoms with Crippen LogP contribution in [0.1, 0.15) is 24.0 Å². The maximum absolute atomic E-state index is 13.8. The fourth-order valence-corrected chi connectivity index (χ4v) is 3.00. The van der Waals surface area contributed by atoms with Gasteiger partial charge in [-0.1, -0.05) is 35.9 Å². The highest BCUT2D eigenvalue weighted by molar-refractivity contribution is 6.31. The smallest absolute Gasteiger partial charge is 0.131 e. The summed E-state index contributed by atoms with van der Waals surface area (Å²) >= 11 is 6.05. The van der Waals surface area contributed by atoms with E-state index in [2.05, 4.69) is 5.32 Å². The highest BCUT2D eigenvalue weighted by Crippen LogP contribution is 2.24. The molecule has 0 amide bonds. The summed E-state index contributed by atoms with van der Waals surface area (Å²) in [5, 5.41) is 3.78. The van der Waals surface area contributed by atoms with Gasteiger partial charge in [-0.25, -0.2) is 4.39 Å². The van der Waals surface area contributed by atoms with E-state index in [9.17, 15) is 4.39 Å². The predicted molar refractivity (Wildman–Crippen MR) is 92.9 cm³/mol. The molecule has 1 saturated heterocycles. The number of para-hydroxylation sites is 1. The van der Waals surface area contributed by atoms with Crippen molar-refractivity contribution >= 4 is 11.6 Å². The van der Waals surface area contributed by atoms with E-state index in [0.29, 0.717) is 23.2 Å². The van der Waals surface area contributed by atoms with E-state index in [1.807, 2.05) is 24.3 Å². The molecule has 1 aliphatic rings. The molecule has 2 aromatic rings. The first kappa shape index (κ1) is 17.2. The standard InChI is InChI=1S/C19H21ClFNO2/c20-17-7-3-8-18(21)16(17)13-24-19-9-2-1-5-14(19)11-22-12-15-6-4-10-23-15/h1-3,5,7-9,15,22H,4,6,10-13H2/t15-/m1/s1. The topological polar surface area (TPSA) is 30.5 Å². The predicted octanol–water partition coefficient (Wildman–Crippen LogP) is 4.33. The van der Waals surface area contributed by atoms with Crippen LogP contribution in [0.25, 0.3) is 0 Å². The van der Waals surface area contributed by atoms with Crippen LogP contribution in [0.4, 0.5) is 4.39 Å². The Labute approximate surface area is 146 Å². The summed E-state index contributed by atoms with van der Waals surface area (Å²) in [6.07, 6.45) is 2.54. The van der Waals surface area contributed by atoms with Gasteiger partial charge in [0.05, 0.1) is 11.1 Å². The normalized spacial score (nSPS) is 17.2. The molecule has 24 heavy (non-hydrogen) atoms. The Hall–Kier alpha value is -1.62. The molecular formula is C19H21ClFNO2. The molecule has 1 aliphatic heterocycles. The van der Waals surface area contributed by atoms with E-state index in [0.717, 1.165) is 37.3 Å². The molecule has 1 heterocycles. The first-order valence-corrected chi connectivity index (χ1v) is 8.58. The Morgan fingerprint density at radius 1 is 1.21 bits per heavy atom. The van der Waals surface area contributed by atoms with Gasteiger partial charge in [-0.15, -0.1) is 0 Å². The molecule has 0 saturated carbocycles. The number of benzene rings is 2. The van der Waals surface area contributed by atoms with Crippen molar-refractivity contribution in [2.45, 2.75) is 32.1 Å². The van der Waals surface area contributed by atoms with Crippen molar-refractivity contribution in [2.24, 2.45) is 0 Å². The second-order valence-corrected chi connectivity index (χ2v) is 6.27. The van der Waals surface area contributed by atoms with Crippen LogP contribution in [0.15, 0.2) is 42.5 Å². The third kappa shape index (κ3) is 4.47. The van der Waals surface area contributed by atoms with Gasteiger partial charge < -0.3 is 14.8 Å². The van der Waals surface area contributed by atoms with Crippen LogP contribution in [0.3, 0.4) is 0 Å². The fraction of sp³-hybridized carbons (Fsp3) is 0.368. The second kappa shape index (κ2) is 8.47. The van der Waals surface area contributed by atoms with Crippen molar-refractivity contribution in [1.29, 1.82) is 0 Å². The quantitative estimate of drug-likeness (QED) is 0.807. The van der Waals surface area contributed by atoms with Crippen molar-refractivity contribution in [3.63, 3.8) is 0 Å². The zero-order valence-electron chi connectivity index (χ0n) is 13.4. The Morgan fingerprint density at radius 3 is 2.88 bits per heavy atom. The molecule has 0 radical (unpaired) electrons. The molecule has 0 spiro atoms. The van der Waals surface area contributed by atoms with E-state index in [4.69, 9.17) is 21.1 Å². The fourth-order valence-electron chi connectivity index (χ4n) is 2.78. The van der Waals surface area contributed by atoms with Crippen molar-refractivity contribution in [1.82, 2.24) is 5.32 Å². The van der Waals surface area contributed by atoms with Crippen LogP contribution in [0, 0.1) is 5.82 Å². The van der Waals surface area contributed by atoms with Crippen LogP contribution in [0.5, 0.6) is 5.75 Å². The average molecular weight is 350 g/mol. The minimum absolute atomic E-state index is 0.105. The van der Waals surface area contributed by atoms with Gasteiger partial charge >= 0.3 is 0 Å². The van der Waals surface area contributed by atoms with Gasteiger partial charge in [0.15, 0.2) is 0 Å². The molecule has 0 unspecified atom stereocenters. The lowest BCUT2D eigenvalue weighted by atomic mass is 10.2. The lowest BCUT2D eigenvalue weighted by Gasteiger charge is -2.15. The van der Waals surface area contributed by atoms with Crippen LogP contribution >= 0.6 is 11.6 Å². The minimum atomic E-state index is -0.350. The first-order valence-electron chi connectivity index (χ1n) is 8.20. The van der Waals surface area contributed by atoms with Gasteiger partial charge in [-0.3, -0.25) is 0 Å². The van der Waals surface area contributed by atoms with E-state index in [-0.39, 0.29) is 12.4 Å². The SMILES string of the molecule is Fc1cccc(Cl)c1COc1ccccc1CNC[C@H]1CCCO1. The molecule has 2 aromatic carbocycles. The zero-order valence-corrected chi connectivity index (χ0v) is 14.2. The maximum atomic E-state index is 13.8. The molecule has 128 valence electrons. The molecule has 0 aromatic heterocycles. The van der Waals surface area contributed by atoms with Crippen LogP contribution < -0.4 is 10.1 Å². The number of ether oxygens (including phenoxy) is 2. The summed E-state index contributed by atoms with van der Waals surface area (Å²) < 4.78 is 25.3. The van der Waals surface area contributed by atoms with Gasteiger partial charge in [0, 0.05) is 30.8 Å². The molecule has 0 bridgehead atoms. The van der Waals surface area contributed by atoms with E-state index in [1.54, 1.807) is 12.1 Å². The average Bonchev–Trinajstić information content (AvgIpc) is 3.09. The summed E-state index contributed by atoms with van der Waals surface area (Å²) in [5.74, 6) is 0.383. The number of halogens is 2. The summed E-state index contributed by atoms with van der Waals surface area (Å²) in [7, 11) is 0. The van der Waals surface area contributed by atoms with E-state index in [1.165, 1.54) is 6.07 Å². The van der Waals surface area contributed by atoms with Gasteiger partial charge in [0.25, 0.3) is 0 Å². The van der Waals surface area contributed by atoms with Gasteiger partial charge in [0.2, 0.25) is 0 Å². The van der Waals surface area contributed by atoms with Gasteiger partial charge in [-0.2, -0.15) is 0 Å². The second-order valence-electron chi connectivity index (χ2n) is 5.86. The van der Waals surface area contributed by atoms with Crippen molar-refractivity contribution in [3.05, 3.63) is 64.4 Å². The van der Waals surface area contributed by atoms with Crippen LogP contribution in [-0.4, -0.2) is 19.3 Å². The molecule has 5 heteroatoms. The monoisotopic (exact) mass is 349 g/mol. The zero-order chi connectivity index (χ0) is 16.8. The largest absolute Gasteiger partial charge is 0.488 e. The van der Waals surface area contributed by atoms with Crippen molar-refractivity contribution < 1.29 is 13.9 Å². The van der Waals surface area contributed by atoms with Crippen LogP contribution in [0.2, 0.25) is 5.02 Å². The van der Waals surface area contributed by atoms with Gasteiger partial charge in [0.1, 0.15) is 18.2 Å². The molecule has 3 nitrogen and oxygen atoms in total. The first-order chi connectivity index (χ1) is 11.7. The Kier molecular flexibility index (Phi) is 6.07. The number of hydrogen-bond acceptors (Lipinski definition) is 3. The Bertz CT molecular complexity index is 654. The van der Waals surface area contributed by atoms with Gasteiger partial charge in [-0.05, 0) is 31.0 Å². The number of nitrogens with one attached hydrogen (secondary N) is 1. The highest BCUT2D eigenvalue weighted by atomic mass is 35.5. The third-order valence-electron chi connectivity index (χ3n) is 4.12. The molecule has 3 rings (SSSR count). The molecule has 1 atom stereocenters. The lowest BCUT2D eigenvalue weighted by molar-refractivity contribution is 0.110.